The third-order valence-electron chi connectivity index (χ3n) is 3.90. The minimum atomic E-state index is -0.759. The van der Waals surface area contributed by atoms with Crippen LogP contribution in [0.15, 0.2) is 30.5 Å². The maximum Gasteiger partial charge on any atom is 0.172 e. The molecule has 1 fully saturated rings. The number of rotatable bonds is 2. The summed E-state index contributed by atoms with van der Waals surface area (Å²) >= 11 is 7.45. The van der Waals surface area contributed by atoms with E-state index < -0.39 is 6.17 Å². The first-order valence-corrected chi connectivity index (χ1v) is 8.67. The molecule has 0 spiro atoms. The number of pyridine rings is 2. The Labute approximate surface area is 142 Å². The lowest BCUT2D eigenvalue weighted by atomic mass is 10.1. The zero-order chi connectivity index (χ0) is 15.8. The van der Waals surface area contributed by atoms with Crippen LogP contribution in [0, 0.1) is 0 Å². The molecule has 4 nitrogen and oxygen atoms in total. The van der Waals surface area contributed by atoms with Crippen molar-refractivity contribution in [3.8, 4) is 10.6 Å². The molecule has 3 aromatic heterocycles. The van der Waals surface area contributed by atoms with Gasteiger partial charge in [-0.3, -0.25) is 0 Å². The van der Waals surface area contributed by atoms with E-state index in [-0.39, 0.29) is 0 Å². The number of nitrogens with zero attached hydrogens (tertiary/aromatic N) is 4. The molecule has 0 amide bonds. The summed E-state index contributed by atoms with van der Waals surface area (Å²) in [6, 6.07) is 7.59. The van der Waals surface area contributed by atoms with E-state index in [0.29, 0.717) is 23.8 Å². The van der Waals surface area contributed by atoms with Crippen molar-refractivity contribution in [2.75, 3.05) is 18.0 Å². The second kappa shape index (κ2) is 6.02. The summed E-state index contributed by atoms with van der Waals surface area (Å²) in [5.74, 6) is 0.818. The standard InChI is InChI=1S/C16H14ClFN4S/c17-13-5-4-12-15(20-13)21-16(23-12)10-3-6-14(19-8-10)22-7-1-2-11(18)9-22/h3-6,8,11H,1-2,7,9H2. The van der Waals surface area contributed by atoms with Crippen LogP contribution in [0.1, 0.15) is 12.8 Å². The third-order valence-corrected chi connectivity index (χ3v) is 5.17. The molecule has 118 valence electrons. The van der Waals surface area contributed by atoms with E-state index in [2.05, 4.69) is 15.0 Å². The molecule has 1 aliphatic rings. The second-order valence-corrected chi connectivity index (χ2v) is 6.98. The van der Waals surface area contributed by atoms with Crippen LogP contribution in [-0.4, -0.2) is 34.2 Å². The Bertz CT molecular complexity index is 836. The van der Waals surface area contributed by atoms with Gasteiger partial charge in [0.2, 0.25) is 0 Å². The van der Waals surface area contributed by atoms with E-state index in [4.69, 9.17) is 11.6 Å². The van der Waals surface area contributed by atoms with E-state index in [1.807, 2.05) is 23.1 Å². The lowest BCUT2D eigenvalue weighted by molar-refractivity contribution is 0.286. The first-order valence-electron chi connectivity index (χ1n) is 7.47. The normalized spacial score (nSPS) is 18.5. The Hall–Kier alpha value is -1.79. The molecular formula is C16H14ClFN4S. The molecule has 0 N–H and O–H groups in total. The molecule has 0 bridgehead atoms. The molecule has 0 radical (unpaired) electrons. The highest BCUT2D eigenvalue weighted by Crippen LogP contribution is 2.30. The fourth-order valence-electron chi connectivity index (χ4n) is 2.75. The van der Waals surface area contributed by atoms with Gasteiger partial charge in [0.05, 0.1) is 11.2 Å². The van der Waals surface area contributed by atoms with Crippen molar-refractivity contribution < 1.29 is 4.39 Å². The number of anilines is 1. The zero-order valence-corrected chi connectivity index (χ0v) is 13.8. The summed E-state index contributed by atoms with van der Waals surface area (Å²) in [7, 11) is 0. The van der Waals surface area contributed by atoms with Crippen LogP contribution in [0.4, 0.5) is 10.2 Å². The molecule has 4 rings (SSSR count). The van der Waals surface area contributed by atoms with Gasteiger partial charge in [0, 0.05) is 18.3 Å². The van der Waals surface area contributed by atoms with E-state index in [1.54, 1.807) is 23.6 Å². The summed E-state index contributed by atoms with van der Waals surface area (Å²) in [5, 5.41) is 1.30. The lowest BCUT2D eigenvalue weighted by Crippen LogP contribution is -2.36. The van der Waals surface area contributed by atoms with Crippen LogP contribution in [-0.2, 0) is 0 Å². The quantitative estimate of drug-likeness (QED) is 0.646. The van der Waals surface area contributed by atoms with Gasteiger partial charge in [-0.2, -0.15) is 0 Å². The van der Waals surface area contributed by atoms with Crippen LogP contribution in [0.25, 0.3) is 20.9 Å². The summed E-state index contributed by atoms with van der Waals surface area (Å²) in [6.07, 6.45) is 2.55. The molecular weight excluding hydrogens is 335 g/mol. The number of alkyl halides is 1. The summed E-state index contributed by atoms with van der Waals surface area (Å²) in [6.45, 7) is 1.28. The fourth-order valence-corrected chi connectivity index (χ4v) is 3.79. The smallest absolute Gasteiger partial charge is 0.172 e. The van der Waals surface area contributed by atoms with E-state index in [1.165, 1.54) is 0 Å². The number of fused-ring (bicyclic) bond motifs is 1. The predicted molar refractivity (Wildman–Crippen MR) is 92.0 cm³/mol. The van der Waals surface area contributed by atoms with Crippen molar-refractivity contribution in [3.63, 3.8) is 0 Å². The Kier molecular flexibility index (Phi) is 3.87. The van der Waals surface area contributed by atoms with Gasteiger partial charge >= 0.3 is 0 Å². The van der Waals surface area contributed by atoms with Crippen molar-refractivity contribution >= 4 is 39.1 Å². The van der Waals surface area contributed by atoms with Gasteiger partial charge in [-0.25, -0.2) is 19.3 Å². The Morgan fingerprint density at radius 2 is 2.13 bits per heavy atom. The van der Waals surface area contributed by atoms with Gasteiger partial charge in [0.15, 0.2) is 5.65 Å². The average molecular weight is 349 g/mol. The monoisotopic (exact) mass is 348 g/mol. The molecule has 0 aromatic carbocycles. The summed E-state index contributed by atoms with van der Waals surface area (Å²) < 4.78 is 14.5. The zero-order valence-electron chi connectivity index (χ0n) is 12.2. The van der Waals surface area contributed by atoms with Crippen molar-refractivity contribution in [2.24, 2.45) is 0 Å². The molecule has 1 unspecified atom stereocenters. The molecule has 1 aliphatic heterocycles. The van der Waals surface area contributed by atoms with Crippen LogP contribution >= 0.6 is 22.9 Å². The molecule has 1 saturated heterocycles. The van der Waals surface area contributed by atoms with Gasteiger partial charge in [0.25, 0.3) is 0 Å². The van der Waals surface area contributed by atoms with Crippen molar-refractivity contribution in [1.82, 2.24) is 15.0 Å². The fraction of sp³-hybridized carbons (Fsp3) is 0.312. The highest BCUT2D eigenvalue weighted by Gasteiger charge is 2.20. The number of hydrogen-bond acceptors (Lipinski definition) is 5. The van der Waals surface area contributed by atoms with Gasteiger partial charge in [-0.05, 0) is 37.1 Å². The van der Waals surface area contributed by atoms with Gasteiger partial charge in [-0.1, -0.05) is 11.6 Å². The van der Waals surface area contributed by atoms with Crippen molar-refractivity contribution in [3.05, 3.63) is 35.6 Å². The van der Waals surface area contributed by atoms with Crippen molar-refractivity contribution in [1.29, 1.82) is 0 Å². The molecule has 23 heavy (non-hydrogen) atoms. The van der Waals surface area contributed by atoms with E-state index >= 15 is 0 Å². The number of piperidine rings is 1. The van der Waals surface area contributed by atoms with Gasteiger partial charge in [-0.15, -0.1) is 11.3 Å². The maximum absolute atomic E-state index is 13.5. The van der Waals surface area contributed by atoms with Crippen LogP contribution in [0.2, 0.25) is 5.15 Å². The molecule has 1 atom stereocenters. The van der Waals surface area contributed by atoms with E-state index in [0.717, 1.165) is 34.1 Å². The first kappa shape index (κ1) is 14.8. The Morgan fingerprint density at radius 1 is 1.22 bits per heavy atom. The molecule has 0 aliphatic carbocycles. The molecule has 3 aromatic rings. The first-order chi connectivity index (χ1) is 11.2. The topological polar surface area (TPSA) is 41.9 Å². The Morgan fingerprint density at radius 3 is 2.91 bits per heavy atom. The molecule has 7 heteroatoms. The van der Waals surface area contributed by atoms with Crippen LogP contribution in [0.3, 0.4) is 0 Å². The highest BCUT2D eigenvalue weighted by atomic mass is 35.5. The lowest BCUT2D eigenvalue weighted by Gasteiger charge is -2.29. The predicted octanol–water partition coefficient (Wildman–Crippen LogP) is 4.35. The summed E-state index contributed by atoms with van der Waals surface area (Å²) in [4.78, 5) is 15.2. The summed E-state index contributed by atoms with van der Waals surface area (Å²) in [5.41, 5.74) is 1.58. The second-order valence-electron chi connectivity index (χ2n) is 5.57. The average Bonchev–Trinajstić information content (AvgIpc) is 2.98. The highest BCUT2D eigenvalue weighted by molar-refractivity contribution is 7.21. The molecule has 4 heterocycles. The number of hydrogen-bond donors (Lipinski definition) is 0. The van der Waals surface area contributed by atoms with Gasteiger partial charge in [0.1, 0.15) is 22.2 Å². The van der Waals surface area contributed by atoms with E-state index in [9.17, 15) is 4.39 Å². The van der Waals surface area contributed by atoms with Crippen molar-refractivity contribution in [2.45, 2.75) is 19.0 Å². The maximum atomic E-state index is 13.5. The van der Waals surface area contributed by atoms with Crippen LogP contribution < -0.4 is 4.90 Å². The Balaban J connectivity index is 1.61. The number of halogens is 2. The molecule has 0 saturated carbocycles. The number of thiazole rings is 1. The number of aromatic nitrogens is 3. The SMILES string of the molecule is FC1CCCN(c2ccc(-c3nc4nc(Cl)ccc4s3)cn2)C1. The minimum absolute atomic E-state index is 0.426. The van der Waals surface area contributed by atoms with Gasteiger partial charge < -0.3 is 4.90 Å². The largest absolute Gasteiger partial charge is 0.354 e. The minimum Gasteiger partial charge on any atom is -0.354 e. The van der Waals surface area contributed by atoms with Crippen LogP contribution in [0.5, 0.6) is 0 Å². The third kappa shape index (κ3) is 3.01.